The van der Waals surface area contributed by atoms with Gasteiger partial charge in [-0.05, 0) is 0 Å². The minimum absolute atomic E-state index is 0.0589. The molecule has 0 unspecified atom stereocenters. The number of fused-ring (bicyclic) bond motifs is 1. The molecule has 2 heterocycles. The molecule has 0 aliphatic carbocycles. The highest BCUT2D eigenvalue weighted by molar-refractivity contribution is 7.89. The van der Waals surface area contributed by atoms with Gasteiger partial charge in [-0.15, -0.1) is 17.8 Å². The summed E-state index contributed by atoms with van der Waals surface area (Å²) in [4.78, 5) is 4.44. The number of rotatable bonds is 3. The fraction of sp³-hybridized carbons (Fsp3) is 0.125. The molecule has 0 saturated heterocycles. The highest BCUT2D eigenvalue weighted by atomic mass is 35.5. The third-order valence-corrected chi connectivity index (χ3v) is 4.35. The van der Waals surface area contributed by atoms with E-state index >= 15 is 0 Å². The van der Waals surface area contributed by atoms with E-state index in [1.807, 2.05) is 0 Å². The van der Waals surface area contributed by atoms with Gasteiger partial charge in [-0.2, -0.15) is 4.72 Å². The van der Waals surface area contributed by atoms with Gasteiger partial charge in [0.1, 0.15) is 0 Å². The summed E-state index contributed by atoms with van der Waals surface area (Å²) in [5.41, 5.74) is 0. The number of thiazole rings is 1. The molecule has 0 radical (unpaired) electrons. The van der Waals surface area contributed by atoms with E-state index in [1.165, 1.54) is 15.7 Å². The third kappa shape index (κ3) is 1.81. The molecule has 2 aromatic rings. The van der Waals surface area contributed by atoms with E-state index < -0.39 is 10.0 Å². The Labute approximate surface area is 101 Å². The van der Waals surface area contributed by atoms with Gasteiger partial charge in [0.25, 0.3) is 10.0 Å². The molecule has 5 nitrogen and oxygen atoms in total. The molecule has 0 spiro atoms. The second kappa shape index (κ2) is 4.07. The molecule has 0 aliphatic rings. The van der Waals surface area contributed by atoms with E-state index in [2.05, 4.69) is 15.6 Å². The van der Waals surface area contributed by atoms with Gasteiger partial charge >= 0.3 is 0 Å². The number of halogens is 1. The molecule has 2 rings (SSSR count). The molecule has 0 amide bonds. The number of terminal acetylenes is 1. The maximum atomic E-state index is 11.8. The fourth-order valence-corrected chi connectivity index (χ4v) is 3.57. The quantitative estimate of drug-likeness (QED) is 0.849. The van der Waals surface area contributed by atoms with Crippen molar-refractivity contribution in [1.82, 2.24) is 14.1 Å². The van der Waals surface area contributed by atoms with Gasteiger partial charge in [0.2, 0.25) is 0 Å². The van der Waals surface area contributed by atoms with Crippen LogP contribution in [-0.2, 0) is 10.0 Å². The monoisotopic (exact) mass is 275 g/mol. The molecule has 2 aromatic heterocycles. The van der Waals surface area contributed by atoms with Crippen LogP contribution in [0.25, 0.3) is 4.96 Å². The Morgan fingerprint density at radius 1 is 1.69 bits per heavy atom. The Morgan fingerprint density at radius 3 is 3.12 bits per heavy atom. The molecule has 0 aromatic carbocycles. The SMILES string of the molecule is C#CCNS(=O)(=O)c1c(Cl)nc2sccn12. The molecule has 0 atom stereocenters. The second-order valence-corrected chi connectivity index (χ2v) is 5.71. The molecule has 0 fully saturated rings. The van der Waals surface area contributed by atoms with Gasteiger partial charge in [0.05, 0.1) is 6.54 Å². The Kier molecular flexibility index (Phi) is 2.90. The van der Waals surface area contributed by atoms with Crippen molar-refractivity contribution in [3.63, 3.8) is 0 Å². The zero-order valence-corrected chi connectivity index (χ0v) is 10.2. The molecule has 8 heteroatoms. The Morgan fingerprint density at radius 2 is 2.44 bits per heavy atom. The summed E-state index contributed by atoms with van der Waals surface area (Å²) < 4.78 is 27.3. The summed E-state index contributed by atoms with van der Waals surface area (Å²) in [7, 11) is -3.72. The molecule has 0 bridgehead atoms. The summed E-state index contributed by atoms with van der Waals surface area (Å²) >= 11 is 7.07. The van der Waals surface area contributed by atoms with Gasteiger partial charge < -0.3 is 0 Å². The zero-order chi connectivity index (χ0) is 11.8. The number of nitrogens with one attached hydrogen (secondary N) is 1. The predicted octanol–water partition coefficient (Wildman–Crippen LogP) is 0.961. The number of imidazole rings is 1. The minimum Gasteiger partial charge on any atom is -0.279 e. The minimum atomic E-state index is -3.72. The van der Waals surface area contributed by atoms with Crippen LogP contribution in [0.2, 0.25) is 5.15 Å². The topological polar surface area (TPSA) is 63.5 Å². The van der Waals surface area contributed by atoms with Crippen LogP contribution in [0.4, 0.5) is 0 Å². The van der Waals surface area contributed by atoms with Crippen LogP contribution < -0.4 is 4.72 Å². The van der Waals surface area contributed by atoms with Crippen LogP contribution in [0.1, 0.15) is 0 Å². The van der Waals surface area contributed by atoms with Crippen molar-refractivity contribution >= 4 is 37.9 Å². The zero-order valence-electron chi connectivity index (χ0n) is 7.84. The average molecular weight is 276 g/mol. The molecule has 0 saturated carbocycles. The smallest absolute Gasteiger partial charge is 0.260 e. The van der Waals surface area contributed by atoms with Crippen molar-refractivity contribution in [3.8, 4) is 12.3 Å². The normalized spacial score (nSPS) is 11.8. The summed E-state index contributed by atoms with van der Waals surface area (Å²) in [5.74, 6) is 2.19. The first-order valence-electron chi connectivity index (χ1n) is 4.10. The van der Waals surface area contributed by atoms with Crippen molar-refractivity contribution in [3.05, 3.63) is 16.7 Å². The van der Waals surface area contributed by atoms with Crippen LogP contribution in [0.5, 0.6) is 0 Å². The van der Waals surface area contributed by atoms with Crippen molar-refractivity contribution in [1.29, 1.82) is 0 Å². The summed E-state index contributed by atoms with van der Waals surface area (Å²) in [5, 5.41) is 1.58. The number of aromatic nitrogens is 2. The molecule has 84 valence electrons. The standard InChI is InChI=1S/C8H6ClN3O2S2/c1-2-3-10-16(13,14)7-6(9)11-8-12(7)4-5-15-8/h1,4-5,10H,3H2. The highest BCUT2D eigenvalue weighted by Gasteiger charge is 2.24. The van der Waals surface area contributed by atoms with Crippen molar-refractivity contribution < 1.29 is 8.42 Å². The Balaban J connectivity index is 2.58. The molecular formula is C8H6ClN3O2S2. The van der Waals surface area contributed by atoms with Crippen molar-refractivity contribution in [2.24, 2.45) is 0 Å². The van der Waals surface area contributed by atoms with Crippen molar-refractivity contribution in [2.75, 3.05) is 6.54 Å². The first-order chi connectivity index (χ1) is 7.56. The Bertz CT molecular complexity index is 665. The lowest BCUT2D eigenvalue weighted by molar-refractivity contribution is 0.581. The molecule has 16 heavy (non-hydrogen) atoms. The highest BCUT2D eigenvalue weighted by Crippen LogP contribution is 2.24. The van der Waals surface area contributed by atoms with E-state index in [1.54, 1.807) is 11.6 Å². The molecule has 1 N–H and O–H groups in total. The summed E-state index contributed by atoms with van der Waals surface area (Å²) in [6.07, 6.45) is 6.58. The lowest BCUT2D eigenvalue weighted by atomic mass is 10.7. The van der Waals surface area contributed by atoms with Crippen molar-refractivity contribution in [2.45, 2.75) is 5.03 Å². The van der Waals surface area contributed by atoms with E-state index in [0.29, 0.717) is 4.96 Å². The third-order valence-electron chi connectivity index (χ3n) is 1.80. The maximum absolute atomic E-state index is 11.8. The first-order valence-corrected chi connectivity index (χ1v) is 6.84. The fourth-order valence-electron chi connectivity index (χ4n) is 1.18. The lowest BCUT2D eigenvalue weighted by Gasteiger charge is -2.02. The van der Waals surface area contributed by atoms with Gasteiger partial charge in [0.15, 0.2) is 15.1 Å². The number of sulfonamides is 1. The number of hydrogen-bond donors (Lipinski definition) is 1. The van der Waals surface area contributed by atoms with Gasteiger partial charge in [-0.3, -0.25) is 4.40 Å². The van der Waals surface area contributed by atoms with E-state index in [0.717, 1.165) is 0 Å². The van der Waals surface area contributed by atoms with Crippen LogP contribution in [0.15, 0.2) is 16.6 Å². The van der Waals surface area contributed by atoms with Crippen LogP contribution in [-0.4, -0.2) is 24.3 Å². The lowest BCUT2D eigenvalue weighted by Crippen LogP contribution is -2.25. The summed E-state index contributed by atoms with van der Waals surface area (Å²) in [6, 6.07) is 0. The van der Waals surface area contributed by atoms with E-state index in [-0.39, 0.29) is 16.7 Å². The summed E-state index contributed by atoms with van der Waals surface area (Å²) in [6.45, 7) is -0.0873. The largest absolute Gasteiger partial charge is 0.279 e. The average Bonchev–Trinajstić information content (AvgIpc) is 2.73. The number of hydrogen-bond acceptors (Lipinski definition) is 4. The van der Waals surface area contributed by atoms with E-state index in [4.69, 9.17) is 18.0 Å². The Hall–Kier alpha value is -1.07. The predicted molar refractivity (Wildman–Crippen MR) is 62.1 cm³/mol. The van der Waals surface area contributed by atoms with Crippen LogP contribution >= 0.6 is 22.9 Å². The van der Waals surface area contributed by atoms with Crippen LogP contribution in [0, 0.1) is 12.3 Å². The van der Waals surface area contributed by atoms with Gasteiger partial charge in [-0.1, -0.05) is 17.5 Å². The molecule has 0 aliphatic heterocycles. The second-order valence-electron chi connectivity index (χ2n) is 2.79. The molecular weight excluding hydrogens is 270 g/mol. The first kappa shape index (κ1) is 11.4. The van der Waals surface area contributed by atoms with E-state index in [9.17, 15) is 8.42 Å². The number of nitrogens with zero attached hydrogens (tertiary/aromatic N) is 2. The van der Waals surface area contributed by atoms with Gasteiger partial charge in [-0.25, -0.2) is 13.4 Å². The van der Waals surface area contributed by atoms with Crippen LogP contribution in [0.3, 0.4) is 0 Å². The van der Waals surface area contributed by atoms with Gasteiger partial charge in [0, 0.05) is 11.6 Å². The maximum Gasteiger partial charge on any atom is 0.260 e.